The third kappa shape index (κ3) is 4.19. The number of rotatable bonds is 4. The molecule has 6 atom stereocenters. The molecular weight excluding hydrogens is 285 g/mol. The van der Waals surface area contributed by atoms with Gasteiger partial charge in [0.2, 0.25) is 0 Å². The highest BCUT2D eigenvalue weighted by atomic mass is 32.9. The Labute approximate surface area is 121 Å². The summed E-state index contributed by atoms with van der Waals surface area (Å²) in [5.41, 5.74) is 2.37. The second-order valence-electron chi connectivity index (χ2n) is 6.06. The number of hydrogen-bond donors (Lipinski definition) is 4. The number of thiol groups is 1. The molecule has 1 fully saturated rings. The molecule has 0 saturated heterocycles. The molecule has 0 spiro atoms. The van der Waals surface area contributed by atoms with E-state index < -0.39 is 17.4 Å². The highest BCUT2D eigenvalue weighted by molar-refractivity contribution is 8.61. The van der Waals surface area contributed by atoms with Crippen molar-refractivity contribution in [3.05, 3.63) is 0 Å². The first-order chi connectivity index (χ1) is 8.14. The number of aliphatic hydroxyl groups excluding tert-OH is 1. The molecule has 0 aliphatic heterocycles. The van der Waals surface area contributed by atoms with Gasteiger partial charge in [-0.2, -0.15) is 0 Å². The van der Waals surface area contributed by atoms with E-state index in [9.17, 15) is 10.00 Å². The SMILES string of the molecule is CC1CCC(C(C)C)C(C(C(N)O)P(O)(=S)S)C1. The van der Waals surface area contributed by atoms with Crippen LogP contribution >= 0.6 is 17.7 Å². The van der Waals surface area contributed by atoms with Gasteiger partial charge in [0, 0.05) is 0 Å². The summed E-state index contributed by atoms with van der Waals surface area (Å²) in [5.74, 6) is 1.76. The third-order valence-corrected chi connectivity index (χ3v) is 7.25. The van der Waals surface area contributed by atoms with Crippen molar-refractivity contribution >= 4 is 29.5 Å². The Morgan fingerprint density at radius 3 is 2.28 bits per heavy atom. The fraction of sp³-hybridized carbons (Fsp3) is 1.00. The second-order valence-corrected chi connectivity index (χ2v) is 12.1. The maximum Gasteiger partial charge on any atom is 0.121 e. The zero-order valence-corrected chi connectivity index (χ0v) is 14.0. The molecule has 0 bridgehead atoms. The van der Waals surface area contributed by atoms with Gasteiger partial charge in [-0.3, -0.25) is 0 Å². The van der Waals surface area contributed by atoms with Gasteiger partial charge >= 0.3 is 0 Å². The van der Waals surface area contributed by atoms with Gasteiger partial charge in [0.15, 0.2) is 0 Å². The van der Waals surface area contributed by atoms with Crippen molar-refractivity contribution in [1.82, 2.24) is 0 Å². The lowest BCUT2D eigenvalue weighted by Gasteiger charge is -2.44. The first-order valence-electron chi connectivity index (χ1n) is 6.63. The van der Waals surface area contributed by atoms with E-state index >= 15 is 0 Å². The third-order valence-electron chi connectivity index (χ3n) is 4.25. The van der Waals surface area contributed by atoms with Gasteiger partial charge in [-0.25, -0.2) is 0 Å². The summed E-state index contributed by atoms with van der Waals surface area (Å²) < 4.78 is 0. The van der Waals surface area contributed by atoms with Crippen LogP contribution in [0.25, 0.3) is 0 Å². The van der Waals surface area contributed by atoms with E-state index in [1.807, 2.05) is 0 Å². The average molecular weight is 311 g/mol. The molecule has 6 unspecified atom stereocenters. The first kappa shape index (κ1) is 16.9. The minimum atomic E-state index is -2.85. The molecular formula is C12H26NO2PS2. The molecule has 1 aliphatic carbocycles. The highest BCUT2D eigenvalue weighted by Gasteiger charge is 2.43. The average Bonchev–Trinajstić information content (AvgIpc) is 2.13. The molecule has 0 amide bonds. The van der Waals surface area contributed by atoms with Crippen molar-refractivity contribution in [2.24, 2.45) is 29.4 Å². The van der Waals surface area contributed by atoms with Crippen molar-refractivity contribution in [2.45, 2.75) is 51.9 Å². The minimum Gasteiger partial charge on any atom is -0.378 e. The monoisotopic (exact) mass is 311 g/mol. The molecule has 108 valence electrons. The standard InChI is InChI=1S/C12H26NO2PS2/c1-7(2)9-5-4-8(3)6-10(9)11(12(13)14)16(15,17)18/h7-12,14H,4-6,13H2,1-3H3,(H2,15,17,18). The fourth-order valence-corrected chi connectivity index (χ4v) is 6.38. The second kappa shape index (κ2) is 6.55. The van der Waals surface area contributed by atoms with Crippen LogP contribution in [0, 0.1) is 23.7 Å². The van der Waals surface area contributed by atoms with Gasteiger partial charge < -0.3 is 15.7 Å². The predicted molar refractivity (Wildman–Crippen MR) is 84.3 cm³/mol. The summed E-state index contributed by atoms with van der Waals surface area (Å²) in [5, 5.41) is 9.82. The fourth-order valence-electron chi connectivity index (χ4n) is 3.37. The lowest BCUT2D eigenvalue weighted by molar-refractivity contribution is 0.0794. The highest BCUT2D eigenvalue weighted by Crippen LogP contribution is 2.59. The Morgan fingerprint density at radius 2 is 1.89 bits per heavy atom. The molecule has 4 N–H and O–H groups in total. The number of aliphatic hydroxyl groups is 1. The smallest absolute Gasteiger partial charge is 0.121 e. The van der Waals surface area contributed by atoms with Crippen LogP contribution in [0.2, 0.25) is 0 Å². The summed E-state index contributed by atoms with van der Waals surface area (Å²) in [6.07, 6.45) is 2.22. The van der Waals surface area contributed by atoms with Crippen molar-refractivity contribution in [2.75, 3.05) is 0 Å². The minimum absolute atomic E-state index is 0.182. The molecule has 18 heavy (non-hydrogen) atoms. The normalized spacial score (nSPS) is 36.1. The van der Waals surface area contributed by atoms with Crippen LogP contribution in [0.5, 0.6) is 0 Å². The van der Waals surface area contributed by atoms with Gasteiger partial charge in [-0.1, -0.05) is 39.0 Å². The molecule has 3 nitrogen and oxygen atoms in total. The van der Waals surface area contributed by atoms with Crippen LogP contribution in [-0.4, -0.2) is 21.9 Å². The van der Waals surface area contributed by atoms with Crippen molar-refractivity contribution < 1.29 is 10.00 Å². The van der Waals surface area contributed by atoms with Gasteiger partial charge in [-0.05, 0) is 36.5 Å². The van der Waals surface area contributed by atoms with Crippen molar-refractivity contribution in [3.8, 4) is 0 Å². The lowest BCUT2D eigenvalue weighted by atomic mass is 9.68. The number of nitrogens with two attached hydrogens (primary N) is 1. The molecule has 1 saturated carbocycles. The van der Waals surface area contributed by atoms with E-state index in [1.165, 1.54) is 6.42 Å². The van der Waals surface area contributed by atoms with E-state index in [-0.39, 0.29) is 5.92 Å². The van der Waals surface area contributed by atoms with E-state index in [4.69, 9.17) is 17.5 Å². The zero-order valence-electron chi connectivity index (χ0n) is 11.4. The van der Waals surface area contributed by atoms with E-state index in [1.54, 1.807) is 0 Å². The zero-order chi connectivity index (χ0) is 14.1. The Morgan fingerprint density at radius 1 is 1.33 bits per heavy atom. The molecule has 1 aliphatic rings. The van der Waals surface area contributed by atoms with Crippen LogP contribution in [0.3, 0.4) is 0 Å². The van der Waals surface area contributed by atoms with Gasteiger partial charge in [0.05, 0.1) is 5.66 Å². The van der Waals surface area contributed by atoms with Crippen LogP contribution in [0.15, 0.2) is 0 Å². The van der Waals surface area contributed by atoms with Crippen molar-refractivity contribution in [1.29, 1.82) is 0 Å². The van der Waals surface area contributed by atoms with Gasteiger partial charge in [-0.15, -0.1) is 12.2 Å². The molecule has 0 heterocycles. The summed E-state index contributed by atoms with van der Waals surface area (Å²) in [7, 11) is 0. The molecule has 0 radical (unpaired) electrons. The maximum atomic E-state index is 10.1. The van der Waals surface area contributed by atoms with Gasteiger partial charge in [0.25, 0.3) is 0 Å². The Bertz CT molecular complexity index is 319. The summed E-state index contributed by atoms with van der Waals surface area (Å²) in [4.78, 5) is 10.1. The Hall–Kier alpha value is 0.880. The number of hydrogen-bond acceptors (Lipinski definition) is 3. The molecule has 0 aromatic carbocycles. The van der Waals surface area contributed by atoms with Crippen LogP contribution in [0.1, 0.15) is 40.0 Å². The molecule has 0 aromatic rings. The molecule has 0 aromatic heterocycles. The van der Waals surface area contributed by atoms with E-state index in [2.05, 4.69) is 33.0 Å². The van der Waals surface area contributed by atoms with Crippen molar-refractivity contribution in [3.63, 3.8) is 0 Å². The summed E-state index contributed by atoms with van der Waals surface area (Å²) >= 11 is 9.31. The Kier molecular flexibility index (Phi) is 6.17. The lowest BCUT2D eigenvalue weighted by Crippen LogP contribution is -2.45. The Balaban J connectivity index is 3.01. The largest absolute Gasteiger partial charge is 0.378 e. The molecule has 1 rings (SSSR count). The summed E-state index contributed by atoms with van der Waals surface area (Å²) in [6, 6.07) is 0. The topological polar surface area (TPSA) is 66.5 Å². The van der Waals surface area contributed by atoms with E-state index in [0.29, 0.717) is 17.8 Å². The van der Waals surface area contributed by atoms with E-state index in [0.717, 1.165) is 12.8 Å². The van der Waals surface area contributed by atoms with Crippen LogP contribution < -0.4 is 5.73 Å². The summed E-state index contributed by atoms with van der Waals surface area (Å²) in [6.45, 7) is 6.59. The first-order valence-corrected chi connectivity index (χ1v) is 10.6. The predicted octanol–water partition coefficient (Wildman–Crippen LogP) is 2.57. The quantitative estimate of drug-likeness (QED) is 0.366. The van der Waals surface area contributed by atoms with Gasteiger partial charge in [0.1, 0.15) is 11.7 Å². The van der Waals surface area contributed by atoms with Crippen LogP contribution in [-0.2, 0) is 11.8 Å². The maximum absolute atomic E-state index is 10.1. The molecule has 6 heteroatoms. The van der Waals surface area contributed by atoms with Crippen LogP contribution in [0.4, 0.5) is 0 Å².